The largest absolute Gasteiger partial charge is 0.369 e. The zero-order valence-electron chi connectivity index (χ0n) is 14.0. The molecule has 24 heavy (non-hydrogen) atoms. The minimum absolute atomic E-state index is 0.0199. The Morgan fingerprint density at radius 2 is 1.83 bits per heavy atom. The third-order valence-electron chi connectivity index (χ3n) is 5.97. The summed E-state index contributed by atoms with van der Waals surface area (Å²) < 4.78 is 0. The summed E-state index contributed by atoms with van der Waals surface area (Å²) in [7, 11) is 0. The second kappa shape index (κ2) is 5.88. The summed E-state index contributed by atoms with van der Waals surface area (Å²) in [6.45, 7) is 3.48. The molecular weight excluding hydrogens is 302 g/mol. The van der Waals surface area contributed by atoms with Crippen LogP contribution in [0.1, 0.15) is 31.2 Å². The van der Waals surface area contributed by atoms with Crippen LogP contribution in [0.3, 0.4) is 0 Å². The van der Waals surface area contributed by atoms with Gasteiger partial charge in [-0.2, -0.15) is 0 Å². The number of carbonyl (C=O) groups is 2. The van der Waals surface area contributed by atoms with E-state index in [1.807, 2.05) is 11.0 Å². The van der Waals surface area contributed by atoms with E-state index >= 15 is 0 Å². The van der Waals surface area contributed by atoms with E-state index in [-0.39, 0.29) is 5.91 Å². The molecule has 5 rings (SSSR count). The molecular formula is C19H25N3O2. The van der Waals surface area contributed by atoms with Crippen LogP contribution >= 0.6 is 0 Å². The Morgan fingerprint density at radius 1 is 1.08 bits per heavy atom. The van der Waals surface area contributed by atoms with E-state index in [1.54, 1.807) is 0 Å². The number of amides is 2. The number of nitrogens with two attached hydrogens (primary N) is 1. The average Bonchev–Trinajstić information content (AvgIpc) is 3.41. The smallest absolute Gasteiger partial charge is 0.238 e. The molecule has 4 fully saturated rings. The summed E-state index contributed by atoms with van der Waals surface area (Å²) in [4.78, 5) is 29.0. The number of rotatable bonds is 4. The van der Waals surface area contributed by atoms with E-state index in [1.165, 1.54) is 12.0 Å². The normalized spacial score (nSPS) is 28.4. The third-order valence-corrected chi connectivity index (χ3v) is 5.97. The lowest BCUT2D eigenvalue weighted by Gasteiger charge is -2.36. The van der Waals surface area contributed by atoms with E-state index in [9.17, 15) is 9.59 Å². The second-order valence-electron chi connectivity index (χ2n) is 7.67. The number of carbonyl (C=O) groups excluding carboxylic acids is 2. The van der Waals surface area contributed by atoms with Crippen LogP contribution in [0.2, 0.25) is 0 Å². The highest BCUT2D eigenvalue weighted by atomic mass is 16.2. The van der Waals surface area contributed by atoms with Crippen molar-refractivity contribution < 1.29 is 9.59 Å². The second-order valence-corrected chi connectivity index (χ2v) is 7.67. The molecule has 1 aromatic carbocycles. The highest BCUT2D eigenvalue weighted by Gasteiger charge is 2.57. The van der Waals surface area contributed by atoms with Gasteiger partial charge in [0.2, 0.25) is 11.8 Å². The molecule has 1 aliphatic carbocycles. The molecule has 4 aliphatic rings. The zero-order valence-corrected chi connectivity index (χ0v) is 14.0. The highest BCUT2D eigenvalue weighted by molar-refractivity contribution is 6.07. The lowest BCUT2D eigenvalue weighted by atomic mass is 9.94. The Labute approximate surface area is 142 Å². The van der Waals surface area contributed by atoms with Crippen LogP contribution in [-0.2, 0) is 16.1 Å². The van der Waals surface area contributed by atoms with Gasteiger partial charge < -0.3 is 10.6 Å². The van der Waals surface area contributed by atoms with E-state index in [4.69, 9.17) is 5.73 Å². The molecule has 2 N–H and O–H groups in total. The number of hydrogen-bond donors (Lipinski definition) is 1. The molecule has 1 saturated carbocycles. The van der Waals surface area contributed by atoms with Gasteiger partial charge in [-0.15, -0.1) is 0 Å². The number of piperidine rings is 1. The van der Waals surface area contributed by atoms with Gasteiger partial charge in [0.05, 0.1) is 0 Å². The maximum Gasteiger partial charge on any atom is 0.238 e. The van der Waals surface area contributed by atoms with Gasteiger partial charge in [0, 0.05) is 32.2 Å². The summed E-state index contributed by atoms with van der Waals surface area (Å²) >= 11 is 0. The first-order valence-corrected chi connectivity index (χ1v) is 8.96. The van der Waals surface area contributed by atoms with E-state index in [2.05, 4.69) is 29.2 Å². The van der Waals surface area contributed by atoms with Crippen LogP contribution in [0.25, 0.3) is 0 Å². The van der Waals surface area contributed by atoms with Gasteiger partial charge in [-0.1, -0.05) is 30.3 Å². The van der Waals surface area contributed by atoms with Crippen LogP contribution in [0, 0.1) is 11.3 Å². The molecule has 0 spiro atoms. The first kappa shape index (κ1) is 15.6. The van der Waals surface area contributed by atoms with Gasteiger partial charge in [0.25, 0.3) is 0 Å². The highest BCUT2D eigenvalue weighted by Crippen LogP contribution is 2.47. The van der Waals surface area contributed by atoms with Crippen molar-refractivity contribution in [1.29, 1.82) is 0 Å². The zero-order chi connectivity index (χ0) is 16.7. The van der Waals surface area contributed by atoms with Crippen molar-refractivity contribution in [1.82, 2.24) is 9.80 Å². The van der Waals surface area contributed by atoms with Crippen LogP contribution < -0.4 is 5.73 Å². The third kappa shape index (κ3) is 2.71. The fourth-order valence-electron chi connectivity index (χ4n) is 4.35. The van der Waals surface area contributed by atoms with Crippen molar-refractivity contribution in [3.05, 3.63) is 35.9 Å². The van der Waals surface area contributed by atoms with Crippen molar-refractivity contribution >= 4 is 11.8 Å². The summed E-state index contributed by atoms with van der Waals surface area (Å²) in [6.07, 6.45) is 3.55. The Balaban J connectivity index is 1.49. The lowest BCUT2D eigenvalue weighted by Crippen LogP contribution is -2.47. The average molecular weight is 327 g/mol. The van der Waals surface area contributed by atoms with Gasteiger partial charge in [-0.3, -0.25) is 14.5 Å². The summed E-state index contributed by atoms with van der Waals surface area (Å²) in [6, 6.07) is 10.9. The van der Waals surface area contributed by atoms with Gasteiger partial charge in [0.1, 0.15) is 5.41 Å². The first-order chi connectivity index (χ1) is 11.6. The predicted molar refractivity (Wildman–Crippen MR) is 90.8 cm³/mol. The Morgan fingerprint density at radius 3 is 2.50 bits per heavy atom. The number of hydrogen-bond acceptors (Lipinski definition) is 3. The van der Waals surface area contributed by atoms with Gasteiger partial charge >= 0.3 is 0 Å². The van der Waals surface area contributed by atoms with Crippen LogP contribution in [-0.4, -0.2) is 47.3 Å². The van der Waals surface area contributed by atoms with Crippen LogP contribution in [0.4, 0.5) is 0 Å². The SMILES string of the molecule is NC(=O)C1(C(=O)N2C[C@H]3CC[C@@H](C2)N(Cc2ccccc2)C3)CC1. The van der Waals surface area contributed by atoms with E-state index in [0.717, 1.165) is 32.6 Å². The number of nitrogens with zero attached hydrogens (tertiary/aromatic N) is 2. The summed E-state index contributed by atoms with van der Waals surface area (Å²) in [5, 5.41) is 0. The lowest BCUT2D eigenvalue weighted by molar-refractivity contribution is -0.143. The molecule has 0 radical (unpaired) electrons. The topological polar surface area (TPSA) is 66.6 Å². The van der Waals surface area contributed by atoms with E-state index in [0.29, 0.717) is 24.8 Å². The quantitative estimate of drug-likeness (QED) is 0.850. The van der Waals surface area contributed by atoms with Gasteiger partial charge in [0.15, 0.2) is 0 Å². The molecule has 2 bridgehead atoms. The van der Waals surface area contributed by atoms with Gasteiger partial charge in [-0.25, -0.2) is 0 Å². The molecule has 0 aromatic heterocycles. The molecule has 3 heterocycles. The minimum Gasteiger partial charge on any atom is -0.369 e. The minimum atomic E-state index is -0.881. The van der Waals surface area contributed by atoms with Crippen molar-refractivity contribution in [3.8, 4) is 0 Å². The number of benzene rings is 1. The van der Waals surface area contributed by atoms with Gasteiger partial charge in [-0.05, 0) is 37.2 Å². The fraction of sp³-hybridized carbons (Fsp3) is 0.579. The molecule has 0 unspecified atom stereocenters. The molecule has 5 nitrogen and oxygen atoms in total. The molecule has 5 heteroatoms. The monoisotopic (exact) mass is 327 g/mol. The molecule has 1 aromatic rings. The fourth-order valence-corrected chi connectivity index (χ4v) is 4.35. The maximum absolute atomic E-state index is 12.9. The molecule has 3 saturated heterocycles. The molecule has 2 atom stereocenters. The Hall–Kier alpha value is -1.88. The molecule has 128 valence electrons. The van der Waals surface area contributed by atoms with Crippen molar-refractivity contribution in [2.24, 2.45) is 17.1 Å². The standard InChI is InChI=1S/C19H25N3O2/c20-17(23)19(8-9-19)18(24)22-12-15-6-7-16(13-22)21(11-15)10-14-4-2-1-3-5-14/h1-5,15-16H,6-13H2,(H2,20,23)/t15-,16-/m0/s1. The summed E-state index contributed by atoms with van der Waals surface area (Å²) in [5.74, 6) is 0.0405. The number of fused-ring (bicyclic) bond motifs is 4. The number of primary amides is 1. The Kier molecular flexibility index (Phi) is 3.83. The Bertz CT molecular complexity index is 641. The molecule has 2 amide bonds. The van der Waals surface area contributed by atoms with Crippen LogP contribution in [0.5, 0.6) is 0 Å². The predicted octanol–water partition coefficient (Wildman–Crippen LogP) is 1.37. The van der Waals surface area contributed by atoms with Crippen molar-refractivity contribution in [2.45, 2.75) is 38.3 Å². The molecule has 3 aliphatic heterocycles. The first-order valence-electron chi connectivity index (χ1n) is 8.96. The van der Waals surface area contributed by atoms with Crippen LogP contribution in [0.15, 0.2) is 30.3 Å². The summed E-state index contributed by atoms with van der Waals surface area (Å²) in [5.41, 5.74) is 5.93. The van der Waals surface area contributed by atoms with Crippen molar-refractivity contribution in [2.75, 3.05) is 19.6 Å². The van der Waals surface area contributed by atoms with E-state index < -0.39 is 11.3 Å². The van der Waals surface area contributed by atoms with Crippen molar-refractivity contribution in [3.63, 3.8) is 0 Å². The maximum atomic E-state index is 12.9.